The zero-order valence-electron chi connectivity index (χ0n) is 9.77. The van der Waals surface area contributed by atoms with Gasteiger partial charge in [-0.2, -0.15) is 0 Å². The minimum absolute atomic E-state index is 0.445. The Hall–Kier alpha value is -1.88. The number of pyridine rings is 1. The monoisotopic (exact) mass is 305 g/mol. The number of carbonyl (C=O) groups excluding carboxylic acids is 1. The molecule has 1 aromatic heterocycles. The van der Waals surface area contributed by atoms with E-state index < -0.39 is 5.91 Å². The van der Waals surface area contributed by atoms with Crippen LogP contribution >= 0.6 is 15.9 Å². The molecule has 0 aliphatic heterocycles. The minimum Gasteiger partial charge on any atom is -0.366 e. The summed E-state index contributed by atoms with van der Waals surface area (Å²) in [6.45, 7) is 1.96. The van der Waals surface area contributed by atoms with E-state index in [0.29, 0.717) is 5.56 Å². The molecule has 1 aromatic carbocycles. The summed E-state index contributed by atoms with van der Waals surface area (Å²) in [5.74, 6) is 0.305. The third-order valence-corrected chi connectivity index (χ3v) is 2.89. The lowest BCUT2D eigenvalue weighted by molar-refractivity contribution is 0.100. The maximum Gasteiger partial charge on any atom is 0.248 e. The molecule has 3 N–H and O–H groups in total. The van der Waals surface area contributed by atoms with Crippen molar-refractivity contribution in [1.82, 2.24) is 4.98 Å². The number of primary amides is 1. The van der Waals surface area contributed by atoms with E-state index in [-0.39, 0.29) is 0 Å². The van der Waals surface area contributed by atoms with E-state index in [2.05, 4.69) is 26.2 Å². The Morgan fingerprint density at radius 3 is 2.83 bits per heavy atom. The fourth-order valence-corrected chi connectivity index (χ4v) is 2.00. The number of aromatic nitrogens is 1. The number of nitrogens with one attached hydrogen (secondary N) is 1. The number of anilines is 2. The van der Waals surface area contributed by atoms with E-state index in [0.717, 1.165) is 21.5 Å². The fraction of sp³-hybridized carbons (Fsp3) is 0.0769. The molecule has 0 radical (unpaired) electrons. The van der Waals surface area contributed by atoms with Crippen LogP contribution in [0.25, 0.3) is 0 Å². The standard InChI is InChI=1S/C13H12BrN3O/c1-8-5-10(14)7-16-13(8)17-11-4-2-3-9(6-11)12(15)18/h2-7H,1H3,(H2,15,18)(H,16,17). The SMILES string of the molecule is Cc1cc(Br)cnc1Nc1cccc(C(N)=O)c1. The molecule has 0 fully saturated rings. The van der Waals surface area contributed by atoms with Crippen LogP contribution in [-0.2, 0) is 0 Å². The lowest BCUT2D eigenvalue weighted by Crippen LogP contribution is -2.11. The number of hydrogen-bond donors (Lipinski definition) is 2. The number of aryl methyl sites for hydroxylation is 1. The Labute approximate surface area is 113 Å². The van der Waals surface area contributed by atoms with Crippen molar-refractivity contribution in [2.75, 3.05) is 5.32 Å². The first-order chi connectivity index (χ1) is 8.56. The zero-order chi connectivity index (χ0) is 13.1. The van der Waals surface area contributed by atoms with Crippen molar-refractivity contribution in [1.29, 1.82) is 0 Å². The molecule has 1 heterocycles. The minimum atomic E-state index is -0.445. The molecule has 0 saturated heterocycles. The average Bonchev–Trinajstić information content (AvgIpc) is 2.33. The third kappa shape index (κ3) is 2.87. The average molecular weight is 306 g/mol. The van der Waals surface area contributed by atoms with Gasteiger partial charge in [0.1, 0.15) is 5.82 Å². The second-order valence-corrected chi connectivity index (χ2v) is 4.80. The molecule has 1 amide bonds. The highest BCUT2D eigenvalue weighted by atomic mass is 79.9. The van der Waals surface area contributed by atoms with Crippen LogP contribution in [0, 0.1) is 6.92 Å². The summed E-state index contributed by atoms with van der Waals surface area (Å²) in [4.78, 5) is 15.4. The molecule has 18 heavy (non-hydrogen) atoms. The molecule has 2 aromatic rings. The maximum atomic E-state index is 11.1. The van der Waals surface area contributed by atoms with Gasteiger partial charge in [-0.15, -0.1) is 0 Å². The van der Waals surface area contributed by atoms with Gasteiger partial charge in [-0.3, -0.25) is 4.79 Å². The van der Waals surface area contributed by atoms with Crippen molar-refractivity contribution in [3.05, 3.63) is 52.1 Å². The van der Waals surface area contributed by atoms with Crippen molar-refractivity contribution < 1.29 is 4.79 Å². The van der Waals surface area contributed by atoms with E-state index in [4.69, 9.17) is 5.73 Å². The smallest absolute Gasteiger partial charge is 0.248 e. The van der Waals surface area contributed by atoms with Gasteiger partial charge in [0.25, 0.3) is 0 Å². The Morgan fingerprint density at radius 1 is 1.39 bits per heavy atom. The Morgan fingerprint density at radius 2 is 2.17 bits per heavy atom. The predicted octanol–water partition coefficient (Wildman–Crippen LogP) is 3.00. The van der Waals surface area contributed by atoms with Gasteiger partial charge in [0.05, 0.1) is 0 Å². The summed E-state index contributed by atoms with van der Waals surface area (Å²) in [5, 5.41) is 3.15. The molecule has 0 bridgehead atoms. The van der Waals surface area contributed by atoms with Crippen molar-refractivity contribution in [3.8, 4) is 0 Å². The normalized spacial score (nSPS) is 10.1. The Kier molecular flexibility index (Phi) is 3.62. The largest absolute Gasteiger partial charge is 0.366 e. The van der Waals surface area contributed by atoms with E-state index >= 15 is 0 Å². The lowest BCUT2D eigenvalue weighted by atomic mass is 10.2. The molecular formula is C13H12BrN3O. The van der Waals surface area contributed by atoms with Crippen LogP contribution in [0.1, 0.15) is 15.9 Å². The second kappa shape index (κ2) is 5.18. The number of nitrogens with zero attached hydrogens (tertiary/aromatic N) is 1. The molecule has 5 heteroatoms. The van der Waals surface area contributed by atoms with E-state index in [1.54, 1.807) is 24.4 Å². The van der Waals surface area contributed by atoms with Gasteiger partial charge in [-0.25, -0.2) is 4.98 Å². The topological polar surface area (TPSA) is 68.0 Å². The summed E-state index contributed by atoms with van der Waals surface area (Å²) >= 11 is 3.36. The maximum absolute atomic E-state index is 11.1. The van der Waals surface area contributed by atoms with Crippen LogP contribution < -0.4 is 11.1 Å². The van der Waals surface area contributed by atoms with Crippen LogP contribution in [0.15, 0.2) is 41.0 Å². The van der Waals surface area contributed by atoms with Gasteiger partial charge in [0.15, 0.2) is 0 Å². The highest BCUT2D eigenvalue weighted by Crippen LogP contribution is 2.21. The molecule has 0 spiro atoms. The van der Waals surface area contributed by atoms with Crippen molar-refractivity contribution in [2.45, 2.75) is 6.92 Å². The first-order valence-electron chi connectivity index (χ1n) is 5.35. The third-order valence-electron chi connectivity index (χ3n) is 2.45. The van der Waals surface area contributed by atoms with Crippen molar-refractivity contribution in [3.63, 3.8) is 0 Å². The quantitative estimate of drug-likeness (QED) is 0.916. The van der Waals surface area contributed by atoms with Gasteiger partial charge in [0.2, 0.25) is 5.91 Å². The molecule has 0 aliphatic rings. The molecule has 0 atom stereocenters. The highest BCUT2D eigenvalue weighted by Gasteiger charge is 2.04. The Bertz CT molecular complexity index is 599. The highest BCUT2D eigenvalue weighted by molar-refractivity contribution is 9.10. The number of rotatable bonds is 3. The fourth-order valence-electron chi connectivity index (χ4n) is 1.56. The molecular weight excluding hydrogens is 294 g/mol. The molecule has 2 rings (SSSR count). The summed E-state index contributed by atoms with van der Waals surface area (Å²) in [5.41, 5.74) is 7.49. The second-order valence-electron chi connectivity index (χ2n) is 3.89. The predicted molar refractivity (Wildman–Crippen MR) is 74.9 cm³/mol. The zero-order valence-corrected chi connectivity index (χ0v) is 11.4. The van der Waals surface area contributed by atoms with Crippen molar-refractivity contribution >= 4 is 33.3 Å². The summed E-state index contributed by atoms with van der Waals surface area (Å²) in [6.07, 6.45) is 1.72. The van der Waals surface area contributed by atoms with Crippen LogP contribution in [0.5, 0.6) is 0 Å². The van der Waals surface area contributed by atoms with E-state index in [9.17, 15) is 4.79 Å². The van der Waals surface area contributed by atoms with E-state index in [1.807, 2.05) is 19.1 Å². The molecule has 0 unspecified atom stereocenters. The summed E-state index contributed by atoms with van der Waals surface area (Å²) in [6, 6.07) is 8.97. The number of amides is 1. The molecule has 4 nitrogen and oxygen atoms in total. The first-order valence-corrected chi connectivity index (χ1v) is 6.14. The van der Waals surface area contributed by atoms with Gasteiger partial charge >= 0.3 is 0 Å². The van der Waals surface area contributed by atoms with E-state index in [1.165, 1.54) is 0 Å². The molecule has 0 saturated carbocycles. The van der Waals surface area contributed by atoms with Gasteiger partial charge in [-0.05, 0) is 52.7 Å². The number of nitrogens with two attached hydrogens (primary N) is 1. The molecule has 92 valence electrons. The van der Waals surface area contributed by atoms with Crippen molar-refractivity contribution in [2.24, 2.45) is 5.73 Å². The van der Waals surface area contributed by atoms with Crippen LogP contribution in [0.2, 0.25) is 0 Å². The summed E-state index contributed by atoms with van der Waals surface area (Å²) < 4.78 is 0.927. The first kappa shape index (κ1) is 12.6. The lowest BCUT2D eigenvalue weighted by Gasteiger charge is -2.09. The summed E-state index contributed by atoms with van der Waals surface area (Å²) in [7, 11) is 0. The number of benzene rings is 1. The number of hydrogen-bond acceptors (Lipinski definition) is 3. The van der Waals surface area contributed by atoms with Gasteiger partial charge in [0, 0.05) is 21.9 Å². The van der Waals surface area contributed by atoms with Crippen LogP contribution in [0.3, 0.4) is 0 Å². The van der Waals surface area contributed by atoms with Crippen LogP contribution in [0.4, 0.5) is 11.5 Å². The Balaban J connectivity index is 2.28. The van der Waals surface area contributed by atoms with Gasteiger partial charge in [-0.1, -0.05) is 6.07 Å². The number of carbonyl (C=O) groups is 1. The molecule has 0 aliphatic carbocycles. The van der Waals surface area contributed by atoms with Crippen LogP contribution in [-0.4, -0.2) is 10.9 Å². The number of halogens is 1. The van der Waals surface area contributed by atoms with Gasteiger partial charge < -0.3 is 11.1 Å².